The summed E-state index contributed by atoms with van der Waals surface area (Å²) in [6, 6.07) is 7.32. The zero-order valence-electron chi connectivity index (χ0n) is 9.66. The van der Waals surface area contributed by atoms with Crippen LogP contribution in [0.25, 0.3) is 5.65 Å². The molecule has 0 aliphatic rings. The number of hydrogen-bond donors (Lipinski definition) is 2. The summed E-state index contributed by atoms with van der Waals surface area (Å²) >= 11 is 6.54. The van der Waals surface area contributed by atoms with Crippen molar-refractivity contribution in [3.05, 3.63) is 45.6 Å². The maximum atomic E-state index is 5.38. The van der Waals surface area contributed by atoms with Crippen LogP contribution in [0.3, 0.4) is 0 Å². The van der Waals surface area contributed by atoms with Gasteiger partial charge in [0.05, 0.1) is 0 Å². The van der Waals surface area contributed by atoms with Crippen molar-refractivity contribution in [2.45, 2.75) is 0 Å². The molecule has 0 amide bonds. The van der Waals surface area contributed by atoms with Gasteiger partial charge in [-0.15, -0.1) is 5.10 Å². The minimum absolute atomic E-state index is 0.295. The second kappa shape index (κ2) is 5.98. The predicted octanol–water partition coefficient (Wildman–Crippen LogP) is 2.50. The van der Waals surface area contributed by atoms with E-state index in [4.69, 9.17) is 11.5 Å². The molecule has 6 nitrogen and oxygen atoms in total. The van der Waals surface area contributed by atoms with Crippen LogP contribution < -0.4 is 11.5 Å². The Kier molecular flexibility index (Phi) is 4.33. The van der Waals surface area contributed by atoms with E-state index in [0.717, 1.165) is 14.6 Å². The Labute approximate surface area is 126 Å². The first-order valence-electron chi connectivity index (χ1n) is 5.19. The Hall–Kier alpha value is -1.67. The fourth-order valence-electron chi connectivity index (χ4n) is 1.26. The molecular weight excluding hydrogens is 376 g/mol. The third-order valence-corrected chi connectivity index (χ3v) is 3.00. The number of hydrogen-bond acceptors (Lipinski definition) is 5. The topological polar surface area (TPSA) is 95.1 Å². The molecule has 0 saturated carbocycles. The standard InChI is InChI=1S/C6H5BrN4.C5H5BrN2/c7-4-1-2-5-9-6(8)10-11(5)3-4;6-4-1-2-5(7)8-3-4/h1-3H,(H2,8,10);1-3H,(H2,7,8). The Morgan fingerprint density at radius 1 is 1.00 bits per heavy atom. The van der Waals surface area contributed by atoms with Crippen molar-refractivity contribution in [3.8, 4) is 0 Å². The maximum Gasteiger partial charge on any atom is 0.240 e. The minimum atomic E-state index is 0.295. The van der Waals surface area contributed by atoms with Gasteiger partial charge in [-0.3, -0.25) is 0 Å². The van der Waals surface area contributed by atoms with Crippen LogP contribution in [0.5, 0.6) is 0 Å². The lowest BCUT2D eigenvalue weighted by molar-refractivity contribution is 0.963. The number of nitrogen functional groups attached to an aromatic ring is 2. The Balaban J connectivity index is 0.000000148. The molecule has 0 radical (unpaired) electrons. The van der Waals surface area contributed by atoms with Crippen LogP contribution in [0.4, 0.5) is 11.8 Å². The Bertz CT molecular complexity index is 658. The summed E-state index contributed by atoms with van der Waals surface area (Å²) in [5.74, 6) is 0.844. The van der Waals surface area contributed by atoms with E-state index in [1.54, 1.807) is 23.0 Å². The smallest absolute Gasteiger partial charge is 0.240 e. The first-order chi connectivity index (χ1) is 9.04. The molecule has 3 aromatic rings. The van der Waals surface area contributed by atoms with E-state index in [1.807, 2.05) is 18.2 Å². The highest BCUT2D eigenvalue weighted by molar-refractivity contribution is 9.10. The molecule has 98 valence electrons. The van der Waals surface area contributed by atoms with Gasteiger partial charge in [0.1, 0.15) is 5.82 Å². The number of nitrogens with zero attached hydrogens (tertiary/aromatic N) is 4. The van der Waals surface area contributed by atoms with Crippen molar-refractivity contribution in [2.75, 3.05) is 11.5 Å². The summed E-state index contributed by atoms with van der Waals surface area (Å²) in [6.07, 6.45) is 3.47. The lowest BCUT2D eigenvalue weighted by Gasteiger charge is -1.89. The van der Waals surface area contributed by atoms with E-state index in [2.05, 4.69) is 46.9 Å². The molecule has 8 heteroatoms. The molecule has 3 rings (SSSR count). The molecule has 19 heavy (non-hydrogen) atoms. The van der Waals surface area contributed by atoms with Crippen molar-refractivity contribution >= 4 is 49.3 Å². The zero-order chi connectivity index (χ0) is 13.8. The Morgan fingerprint density at radius 3 is 2.37 bits per heavy atom. The predicted molar refractivity (Wildman–Crippen MR) is 81.4 cm³/mol. The summed E-state index contributed by atoms with van der Waals surface area (Å²) in [4.78, 5) is 7.77. The van der Waals surface area contributed by atoms with E-state index in [9.17, 15) is 0 Å². The highest BCUT2D eigenvalue weighted by Gasteiger charge is 1.97. The summed E-state index contributed by atoms with van der Waals surface area (Å²) < 4.78 is 3.53. The highest BCUT2D eigenvalue weighted by atomic mass is 79.9. The van der Waals surface area contributed by atoms with Crippen molar-refractivity contribution in [1.29, 1.82) is 0 Å². The summed E-state index contributed by atoms with van der Waals surface area (Å²) in [5.41, 5.74) is 11.4. The van der Waals surface area contributed by atoms with Crippen LogP contribution in [0.1, 0.15) is 0 Å². The van der Waals surface area contributed by atoms with Gasteiger partial charge in [0.2, 0.25) is 5.95 Å². The third-order valence-electron chi connectivity index (χ3n) is 2.06. The van der Waals surface area contributed by atoms with Crippen LogP contribution in [-0.4, -0.2) is 19.6 Å². The van der Waals surface area contributed by atoms with Crippen molar-refractivity contribution in [1.82, 2.24) is 19.6 Å². The minimum Gasteiger partial charge on any atom is -0.384 e. The van der Waals surface area contributed by atoms with Crippen LogP contribution in [0.15, 0.2) is 45.6 Å². The third kappa shape index (κ3) is 3.90. The van der Waals surface area contributed by atoms with E-state index >= 15 is 0 Å². The van der Waals surface area contributed by atoms with Gasteiger partial charge in [0, 0.05) is 21.3 Å². The molecule has 0 aromatic carbocycles. The maximum absolute atomic E-state index is 5.38. The van der Waals surface area contributed by atoms with Gasteiger partial charge in [0.25, 0.3) is 0 Å². The number of anilines is 2. The molecule has 4 N–H and O–H groups in total. The van der Waals surface area contributed by atoms with Gasteiger partial charge in [0.15, 0.2) is 5.65 Å². The van der Waals surface area contributed by atoms with Crippen LogP contribution in [-0.2, 0) is 0 Å². The van der Waals surface area contributed by atoms with Crippen LogP contribution >= 0.6 is 31.9 Å². The van der Waals surface area contributed by atoms with Crippen molar-refractivity contribution in [3.63, 3.8) is 0 Å². The van der Waals surface area contributed by atoms with Crippen molar-refractivity contribution in [2.24, 2.45) is 0 Å². The van der Waals surface area contributed by atoms with Gasteiger partial charge >= 0.3 is 0 Å². The number of nitrogens with two attached hydrogens (primary N) is 2. The average molecular weight is 386 g/mol. The molecule has 0 spiro atoms. The van der Waals surface area contributed by atoms with Gasteiger partial charge in [-0.1, -0.05) is 0 Å². The van der Waals surface area contributed by atoms with Crippen molar-refractivity contribution < 1.29 is 0 Å². The second-order valence-electron chi connectivity index (χ2n) is 3.52. The normalized spacial score (nSPS) is 10.0. The zero-order valence-corrected chi connectivity index (χ0v) is 12.8. The number of fused-ring (bicyclic) bond motifs is 1. The molecule has 0 unspecified atom stereocenters. The van der Waals surface area contributed by atoms with E-state index in [0.29, 0.717) is 11.8 Å². The van der Waals surface area contributed by atoms with Gasteiger partial charge in [-0.2, -0.15) is 4.98 Å². The van der Waals surface area contributed by atoms with Crippen LogP contribution in [0, 0.1) is 0 Å². The molecule has 3 heterocycles. The highest BCUT2D eigenvalue weighted by Crippen LogP contribution is 2.10. The van der Waals surface area contributed by atoms with Gasteiger partial charge < -0.3 is 11.5 Å². The number of rotatable bonds is 0. The quantitative estimate of drug-likeness (QED) is 0.619. The molecule has 0 fully saturated rings. The lowest BCUT2D eigenvalue weighted by Crippen LogP contribution is -1.88. The molecule has 0 aliphatic carbocycles. The van der Waals surface area contributed by atoms with E-state index in [1.165, 1.54) is 0 Å². The molecule has 0 bridgehead atoms. The SMILES string of the molecule is Nc1ccc(Br)cn1.Nc1nc2ccc(Br)cn2n1. The number of aromatic nitrogens is 4. The monoisotopic (exact) mass is 384 g/mol. The molecule has 3 aromatic heterocycles. The summed E-state index contributed by atoms with van der Waals surface area (Å²) in [7, 11) is 0. The largest absolute Gasteiger partial charge is 0.384 e. The molecule has 0 atom stereocenters. The van der Waals surface area contributed by atoms with E-state index in [-0.39, 0.29) is 0 Å². The molecule has 0 saturated heterocycles. The molecule has 0 aliphatic heterocycles. The summed E-state index contributed by atoms with van der Waals surface area (Å²) in [5, 5.41) is 3.93. The first kappa shape index (κ1) is 13.8. The fraction of sp³-hybridized carbons (Fsp3) is 0. The van der Waals surface area contributed by atoms with Gasteiger partial charge in [-0.05, 0) is 56.1 Å². The molecular formula is C11H10Br2N6. The number of pyridine rings is 2. The lowest BCUT2D eigenvalue weighted by atomic mass is 10.5. The summed E-state index contributed by atoms with van der Waals surface area (Å²) in [6.45, 7) is 0. The van der Waals surface area contributed by atoms with Crippen LogP contribution in [0.2, 0.25) is 0 Å². The van der Waals surface area contributed by atoms with Gasteiger partial charge in [-0.25, -0.2) is 9.50 Å². The average Bonchev–Trinajstić information content (AvgIpc) is 2.73. The van der Waals surface area contributed by atoms with E-state index < -0.39 is 0 Å². The number of halogens is 2. The second-order valence-corrected chi connectivity index (χ2v) is 5.35. The first-order valence-corrected chi connectivity index (χ1v) is 6.77. The Morgan fingerprint density at radius 2 is 1.74 bits per heavy atom. The fourth-order valence-corrected chi connectivity index (χ4v) is 1.82.